The Morgan fingerprint density at radius 3 is 1.91 bits per heavy atom. The Morgan fingerprint density at radius 1 is 0.794 bits per heavy atom. The summed E-state index contributed by atoms with van der Waals surface area (Å²) in [7, 11) is 0. The third kappa shape index (κ3) is 3.95. The number of hydrogen-bond acceptors (Lipinski definition) is 3. The Kier molecular flexibility index (Phi) is 6.05. The summed E-state index contributed by atoms with van der Waals surface area (Å²) in [4.78, 5) is 0. The molecule has 1 N–H and O–H groups in total. The van der Waals surface area contributed by atoms with E-state index in [1.165, 1.54) is 5.06 Å². The molecule has 0 aliphatic carbocycles. The molecule has 4 aromatic rings. The summed E-state index contributed by atoms with van der Waals surface area (Å²) in [6.45, 7) is 4.06. The first-order valence-electron chi connectivity index (χ1n) is 11.5. The fourth-order valence-corrected chi connectivity index (χ4v) is 5.03. The standard InChI is InChI=1S/C30H28ClNO2/c1-29(2,24-14-8-4-9-15-24)32(33)27(22-18-20-26(31)21-19-22)30(25-16-10-5-11-17-25)28(34-30)23-12-6-3-7-13-23/h3-21,27-28,33H,1-2H3/t27?,28-,30-/m0/s1. The van der Waals surface area contributed by atoms with Crippen LogP contribution in [-0.2, 0) is 15.9 Å². The minimum Gasteiger partial charge on any atom is -0.354 e. The topological polar surface area (TPSA) is 36.0 Å². The molecule has 1 unspecified atom stereocenters. The molecule has 3 atom stereocenters. The van der Waals surface area contributed by atoms with Crippen LogP contribution in [0.15, 0.2) is 115 Å². The molecule has 3 nitrogen and oxygen atoms in total. The first-order chi connectivity index (χ1) is 16.4. The third-order valence-electron chi connectivity index (χ3n) is 6.86. The minimum absolute atomic E-state index is 0.210. The fourth-order valence-electron chi connectivity index (χ4n) is 4.90. The summed E-state index contributed by atoms with van der Waals surface area (Å²) in [5, 5.41) is 14.1. The second-order valence-electron chi connectivity index (χ2n) is 9.29. The van der Waals surface area contributed by atoms with Gasteiger partial charge >= 0.3 is 0 Å². The van der Waals surface area contributed by atoms with Crippen LogP contribution in [0, 0.1) is 0 Å². The maximum atomic E-state index is 12.0. The number of ether oxygens (including phenoxy) is 1. The van der Waals surface area contributed by atoms with Crippen LogP contribution in [0.25, 0.3) is 0 Å². The van der Waals surface area contributed by atoms with E-state index in [0.717, 1.165) is 22.3 Å². The first kappa shape index (κ1) is 22.8. The van der Waals surface area contributed by atoms with Crippen molar-refractivity contribution < 1.29 is 9.94 Å². The molecule has 0 spiro atoms. The van der Waals surface area contributed by atoms with Crippen molar-refractivity contribution >= 4 is 11.6 Å². The average Bonchev–Trinajstić information content (AvgIpc) is 3.63. The highest BCUT2D eigenvalue weighted by Crippen LogP contribution is 2.65. The lowest BCUT2D eigenvalue weighted by molar-refractivity contribution is -0.215. The fraction of sp³-hybridized carbons (Fsp3) is 0.200. The molecule has 0 aromatic heterocycles. The summed E-state index contributed by atoms with van der Waals surface area (Å²) in [6, 6.07) is 37.7. The average molecular weight is 470 g/mol. The van der Waals surface area contributed by atoms with E-state index in [1.807, 2.05) is 105 Å². The van der Waals surface area contributed by atoms with Crippen molar-refractivity contribution in [1.29, 1.82) is 0 Å². The number of halogens is 1. The van der Waals surface area contributed by atoms with E-state index in [2.05, 4.69) is 24.3 Å². The maximum Gasteiger partial charge on any atom is 0.146 e. The lowest BCUT2D eigenvalue weighted by atomic mass is 9.79. The molecular formula is C30H28ClNO2. The zero-order valence-electron chi connectivity index (χ0n) is 19.3. The number of epoxide rings is 1. The first-order valence-corrected chi connectivity index (χ1v) is 11.9. The summed E-state index contributed by atoms with van der Waals surface area (Å²) in [5.41, 5.74) is 2.57. The Bertz CT molecular complexity index is 1230. The van der Waals surface area contributed by atoms with Gasteiger partial charge in [-0.2, -0.15) is 5.06 Å². The van der Waals surface area contributed by atoms with Gasteiger partial charge in [-0.25, -0.2) is 0 Å². The number of benzene rings is 4. The lowest BCUT2D eigenvalue weighted by Crippen LogP contribution is -2.46. The lowest BCUT2D eigenvalue weighted by Gasteiger charge is -2.42. The van der Waals surface area contributed by atoms with E-state index in [1.54, 1.807) is 0 Å². The van der Waals surface area contributed by atoms with Crippen LogP contribution in [0.3, 0.4) is 0 Å². The van der Waals surface area contributed by atoms with Crippen LogP contribution in [-0.4, -0.2) is 10.3 Å². The Morgan fingerprint density at radius 2 is 1.32 bits per heavy atom. The molecule has 0 bridgehead atoms. The van der Waals surface area contributed by atoms with Gasteiger partial charge in [0.1, 0.15) is 11.7 Å². The quantitative estimate of drug-likeness (QED) is 0.223. The van der Waals surface area contributed by atoms with Gasteiger partial charge in [0.2, 0.25) is 0 Å². The normalized spacial score (nSPS) is 20.8. The number of nitrogens with zero attached hydrogens (tertiary/aromatic N) is 1. The van der Waals surface area contributed by atoms with Crippen LogP contribution in [0.5, 0.6) is 0 Å². The van der Waals surface area contributed by atoms with E-state index in [0.29, 0.717) is 5.02 Å². The zero-order valence-corrected chi connectivity index (χ0v) is 20.1. The van der Waals surface area contributed by atoms with E-state index in [-0.39, 0.29) is 6.10 Å². The van der Waals surface area contributed by atoms with Gasteiger partial charge < -0.3 is 9.94 Å². The zero-order chi connectivity index (χ0) is 23.8. The molecule has 1 saturated heterocycles. The van der Waals surface area contributed by atoms with Crippen molar-refractivity contribution in [2.75, 3.05) is 0 Å². The number of hydroxylamine groups is 2. The van der Waals surface area contributed by atoms with Gasteiger partial charge in [0.15, 0.2) is 0 Å². The molecule has 4 aromatic carbocycles. The van der Waals surface area contributed by atoms with Gasteiger partial charge in [0, 0.05) is 5.02 Å². The van der Waals surface area contributed by atoms with Gasteiger partial charge in [-0.1, -0.05) is 115 Å². The van der Waals surface area contributed by atoms with Crippen molar-refractivity contribution in [1.82, 2.24) is 5.06 Å². The Hall–Kier alpha value is -2.95. The van der Waals surface area contributed by atoms with Gasteiger partial charge in [0.25, 0.3) is 0 Å². The summed E-state index contributed by atoms with van der Waals surface area (Å²) >= 11 is 6.25. The third-order valence-corrected chi connectivity index (χ3v) is 7.11. The highest BCUT2D eigenvalue weighted by atomic mass is 35.5. The highest BCUT2D eigenvalue weighted by molar-refractivity contribution is 6.30. The van der Waals surface area contributed by atoms with Gasteiger partial charge in [-0.05, 0) is 48.2 Å². The molecule has 1 aliphatic rings. The van der Waals surface area contributed by atoms with Crippen molar-refractivity contribution in [2.45, 2.75) is 37.1 Å². The summed E-state index contributed by atoms with van der Waals surface area (Å²) in [6.07, 6.45) is -0.210. The van der Waals surface area contributed by atoms with Crippen molar-refractivity contribution in [3.63, 3.8) is 0 Å². The monoisotopic (exact) mass is 469 g/mol. The molecule has 172 valence electrons. The van der Waals surface area contributed by atoms with Crippen LogP contribution < -0.4 is 0 Å². The highest BCUT2D eigenvalue weighted by Gasteiger charge is 2.66. The van der Waals surface area contributed by atoms with E-state index in [4.69, 9.17) is 16.3 Å². The largest absolute Gasteiger partial charge is 0.354 e. The number of hydrogen-bond donors (Lipinski definition) is 1. The van der Waals surface area contributed by atoms with E-state index in [9.17, 15) is 5.21 Å². The smallest absolute Gasteiger partial charge is 0.146 e. The number of rotatable bonds is 7. The van der Waals surface area contributed by atoms with Crippen LogP contribution in [0.2, 0.25) is 5.02 Å². The van der Waals surface area contributed by atoms with Crippen LogP contribution >= 0.6 is 11.6 Å². The van der Waals surface area contributed by atoms with Crippen LogP contribution in [0.1, 0.15) is 48.2 Å². The molecule has 4 heteroatoms. The second kappa shape index (κ2) is 9.01. The van der Waals surface area contributed by atoms with Gasteiger partial charge in [-0.3, -0.25) is 0 Å². The molecule has 5 rings (SSSR count). The van der Waals surface area contributed by atoms with E-state index < -0.39 is 17.2 Å². The summed E-state index contributed by atoms with van der Waals surface area (Å²) < 4.78 is 6.64. The molecular weight excluding hydrogens is 442 g/mol. The van der Waals surface area contributed by atoms with Crippen molar-refractivity contribution in [2.24, 2.45) is 0 Å². The molecule has 1 fully saturated rings. The molecule has 34 heavy (non-hydrogen) atoms. The summed E-state index contributed by atoms with van der Waals surface area (Å²) in [5.74, 6) is 0. The molecule has 1 heterocycles. The molecule has 0 radical (unpaired) electrons. The molecule has 0 amide bonds. The maximum absolute atomic E-state index is 12.0. The van der Waals surface area contributed by atoms with Crippen LogP contribution in [0.4, 0.5) is 0 Å². The van der Waals surface area contributed by atoms with E-state index >= 15 is 0 Å². The molecule has 0 saturated carbocycles. The van der Waals surface area contributed by atoms with Crippen molar-refractivity contribution in [3.05, 3.63) is 143 Å². The minimum atomic E-state index is -0.781. The Labute approximate surface area is 206 Å². The molecule has 1 aliphatic heterocycles. The predicted octanol–water partition coefficient (Wildman–Crippen LogP) is 7.67. The second-order valence-corrected chi connectivity index (χ2v) is 9.73. The van der Waals surface area contributed by atoms with Crippen molar-refractivity contribution in [3.8, 4) is 0 Å². The van der Waals surface area contributed by atoms with Gasteiger partial charge in [-0.15, -0.1) is 0 Å². The predicted molar refractivity (Wildman–Crippen MR) is 136 cm³/mol. The van der Waals surface area contributed by atoms with Gasteiger partial charge in [0.05, 0.1) is 11.6 Å². The Balaban J connectivity index is 1.69. The SMILES string of the molecule is CC(C)(c1ccccc1)N(O)C(c1ccc(Cl)cc1)[C@]1(c2ccccc2)O[C@H]1c1ccccc1.